The third-order valence-corrected chi connectivity index (χ3v) is 7.23. The van der Waals surface area contributed by atoms with E-state index in [0.717, 1.165) is 65.4 Å². The van der Waals surface area contributed by atoms with E-state index in [2.05, 4.69) is 4.90 Å². The smallest absolute Gasteiger partial charge is 0.254 e. The van der Waals surface area contributed by atoms with Crippen molar-refractivity contribution < 1.29 is 14.3 Å². The average molecular weight is 444 g/mol. The van der Waals surface area contributed by atoms with E-state index in [0.29, 0.717) is 19.3 Å². The number of carbonyl (C=O) groups is 1. The summed E-state index contributed by atoms with van der Waals surface area (Å²) < 4.78 is 11.4. The predicted molar refractivity (Wildman–Crippen MR) is 128 cm³/mol. The lowest BCUT2D eigenvalue weighted by Gasteiger charge is -2.38. The lowest BCUT2D eigenvalue weighted by atomic mass is 10.0. The van der Waals surface area contributed by atoms with Crippen LogP contribution in [0.5, 0.6) is 11.5 Å². The van der Waals surface area contributed by atoms with Crippen LogP contribution in [0.1, 0.15) is 36.0 Å². The van der Waals surface area contributed by atoms with Crippen LogP contribution in [-0.2, 0) is 0 Å². The number of rotatable bonds is 3. The van der Waals surface area contributed by atoms with E-state index in [1.54, 1.807) is 0 Å². The molecule has 0 atom stereocenters. The molecule has 6 heteroatoms. The number of nitrogens with zero attached hydrogens (tertiary/aromatic N) is 3. The first-order chi connectivity index (χ1) is 16.3. The van der Waals surface area contributed by atoms with Gasteiger partial charge in [0.25, 0.3) is 5.91 Å². The van der Waals surface area contributed by atoms with E-state index in [1.807, 2.05) is 53.4 Å². The van der Waals surface area contributed by atoms with Crippen molar-refractivity contribution in [2.24, 2.45) is 0 Å². The number of carbonyl (C=O) groups excluding carboxylic acids is 1. The highest BCUT2D eigenvalue weighted by Gasteiger charge is 2.29. The van der Waals surface area contributed by atoms with Crippen LogP contribution in [0.3, 0.4) is 0 Å². The van der Waals surface area contributed by atoms with Gasteiger partial charge in [-0.2, -0.15) is 0 Å². The van der Waals surface area contributed by atoms with Crippen molar-refractivity contribution in [1.82, 2.24) is 14.8 Å². The zero-order chi connectivity index (χ0) is 22.2. The van der Waals surface area contributed by atoms with Gasteiger partial charge >= 0.3 is 0 Å². The molecule has 1 aliphatic carbocycles. The molecule has 3 aromatic rings. The highest BCUT2D eigenvalue weighted by molar-refractivity contribution is 6.07. The van der Waals surface area contributed by atoms with Crippen molar-refractivity contribution in [3.8, 4) is 22.8 Å². The van der Waals surface area contributed by atoms with Gasteiger partial charge in [0.2, 0.25) is 0 Å². The number of para-hydroxylation sites is 1. The number of benzene rings is 2. The van der Waals surface area contributed by atoms with Crippen LogP contribution in [-0.4, -0.2) is 66.1 Å². The maximum atomic E-state index is 13.7. The third kappa shape index (κ3) is 3.93. The van der Waals surface area contributed by atoms with E-state index in [1.165, 1.54) is 25.7 Å². The summed E-state index contributed by atoms with van der Waals surface area (Å²) in [6, 6.07) is 16.4. The number of piperazine rings is 1. The van der Waals surface area contributed by atoms with Crippen molar-refractivity contribution >= 4 is 16.8 Å². The van der Waals surface area contributed by atoms with Gasteiger partial charge in [-0.15, -0.1) is 0 Å². The first-order valence-corrected chi connectivity index (χ1v) is 12.1. The Labute approximate surface area is 194 Å². The molecule has 6 rings (SSSR count). The molecule has 2 fully saturated rings. The fourth-order valence-corrected chi connectivity index (χ4v) is 5.43. The molecule has 6 nitrogen and oxygen atoms in total. The van der Waals surface area contributed by atoms with E-state index < -0.39 is 0 Å². The number of aromatic nitrogens is 1. The van der Waals surface area contributed by atoms with Crippen LogP contribution < -0.4 is 9.47 Å². The SMILES string of the molecule is O=C(c1cc(-c2ccc3c(c2)OCCO3)nc2ccccc12)N1CCN(C2CCCC2)CC1. The van der Waals surface area contributed by atoms with Crippen molar-refractivity contribution in [1.29, 1.82) is 0 Å². The summed E-state index contributed by atoms with van der Waals surface area (Å²) in [6.45, 7) is 4.60. The second-order valence-corrected chi connectivity index (χ2v) is 9.20. The maximum Gasteiger partial charge on any atom is 0.254 e. The van der Waals surface area contributed by atoms with Gasteiger partial charge in [0.1, 0.15) is 13.2 Å². The van der Waals surface area contributed by atoms with Gasteiger partial charge in [-0.05, 0) is 43.2 Å². The van der Waals surface area contributed by atoms with E-state index in [4.69, 9.17) is 14.5 Å². The van der Waals surface area contributed by atoms with Crippen molar-refractivity contribution in [2.45, 2.75) is 31.7 Å². The van der Waals surface area contributed by atoms with Gasteiger partial charge < -0.3 is 14.4 Å². The fraction of sp³-hybridized carbons (Fsp3) is 0.407. The van der Waals surface area contributed by atoms with Crippen LogP contribution in [0, 0.1) is 0 Å². The summed E-state index contributed by atoms with van der Waals surface area (Å²) in [5.41, 5.74) is 3.25. The number of hydrogen-bond donors (Lipinski definition) is 0. The summed E-state index contributed by atoms with van der Waals surface area (Å²) >= 11 is 0. The molecule has 170 valence electrons. The summed E-state index contributed by atoms with van der Waals surface area (Å²) in [5.74, 6) is 1.57. The molecule has 2 aromatic carbocycles. The molecule has 3 aliphatic rings. The van der Waals surface area contributed by atoms with Crippen molar-refractivity contribution in [3.05, 3.63) is 54.1 Å². The molecule has 2 aliphatic heterocycles. The summed E-state index contributed by atoms with van der Waals surface area (Å²) in [5, 5.41) is 0.905. The quantitative estimate of drug-likeness (QED) is 0.602. The van der Waals surface area contributed by atoms with Gasteiger partial charge in [-0.1, -0.05) is 31.0 Å². The van der Waals surface area contributed by atoms with Crippen LogP contribution in [0.2, 0.25) is 0 Å². The Bertz CT molecular complexity index is 1180. The number of ether oxygens (including phenoxy) is 2. The topological polar surface area (TPSA) is 54.9 Å². The molecule has 1 saturated heterocycles. The Balaban J connectivity index is 1.31. The predicted octanol–water partition coefficient (Wildman–Crippen LogP) is 4.37. The summed E-state index contributed by atoms with van der Waals surface area (Å²) in [6.07, 6.45) is 5.30. The van der Waals surface area contributed by atoms with Gasteiger partial charge in [-0.25, -0.2) is 4.98 Å². The molecular weight excluding hydrogens is 414 g/mol. The molecule has 1 amide bonds. The summed E-state index contributed by atoms with van der Waals surface area (Å²) in [4.78, 5) is 23.2. The van der Waals surface area contributed by atoms with Crippen LogP contribution >= 0.6 is 0 Å². The number of hydrogen-bond acceptors (Lipinski definition) is 5. The van der Waals surface area contributed by atoms with E-state index in [9.17, 15) is 4.79 Å². The lowest BCUT2D eigenvalue weighted by molar-refractivity contribution is 0.0575. The van der Waals surface area contributed by atoms with Gasteiger partial charge in [0, 0.05) is 43.2 Å². The normalized spacial score (nSPS) is 19.2. The molecule has 0 radical (unpaired) electrons. The Morgan fingerprint density at radius 3 is 2.45 bits per heavy atom. The zero-order valence-electron chi connectivity index (χ0n) is 18.8. The minimum Gasteiger partial charge on any atom is -0.486 e. The van der Waals surface area contributed by atoms with Crippen LogP contribution in [0.25, 0.3) is 22.2 Å². The van der Waals surface area contributed by atoms with Crippen LogP contribution in [0.4, 0.5) is 0 Å². The molecule has 0 unspecified atom stereocenters. The minimum atomic E-state index is 0.0958. The van der Waals surface area contributed by atoms with Gasteiger partial charge in [0.05, 0.1) is 16.8 Å². The molecule has 1 saturated carbocycles. The minimum absolute atomic E-state index is 0.0958. The standard InChI is InChI=1S/C27H29N3O3/c31-27(30-13-11-29(12-14-30)20-5-1-2-6-20)22-18-24(28-23-8-4-3-7-21(22)23)19-9-10-25-26(17-19)33-16-15-32-25/h3-4,7-10,17-18,20H,1-2,5-6,11-16H2. The highest BCUT2D eigenvalue weighted by Crippen LogP contribution is 2.35. The monoisotopic (exact) mass is 443 g/mol. The second kappa shape index (κ2) is 8.67. The van der Waals surface area contributed by atoms with Crippen molar-refractivity contribution in [2.75, 3.05) is 39.4 Å². The molecule has 3 heterocycles. The lowest BCUT2D eigenvalue weighted by Crippen LogP contribution is -2.51. The highest BCUT2D eigenvalue weighted by atomic mass is 16.6. The van der Waals surface area contributed by atoms with Crippen LogP contribution in [0.15, 0.2) is 48.5 Å². The van der Waals surface area contributed by atoms with E-state index in [-0.39, 0.29) is 5.91 Å². The number of pyridine rings is 1. The first-order valence-electron chi connectivity index (χ1n) is 12.1. The largest absolute Gasteiger partial charge is 0.486 e. The first kappa shape index (κ1) is 20.5. The molecule has 0 bridgehead atoms. The van der Waals surface area contributed by atoms with Crippen molar-refractivity contribution in [3.63, 3.8) is 0 Å². The molecular formula is C27H29N3O3. The molecule has 1 aromatic heterocycles. The summed E-state index contributed by atoms with van der Waals surface area (Å²) in [7, 11) is 0. The molecule has 0 spiro atoms. The van der Waals surface area contributed by atoms with Gasteiger partial charge in [-0.3, -0.25) is 9.69 Å². The second-order valence-electron chi connectivity index (χ2n) is 9.20. The maximum absolute atomic E-state index is 13.7. The third-order valence-electron chi connectivity index (χ3n) is 7.23. The number of fused-ring (bicyclic) bond motifs is 2. The van der Waals surface area contributed by atoms with E-state index >= 15 is 0 Å². The zero-order valence-corrected chi connectivity index (χ0v) is 18.8. The molecule has 33 heavy (non-hydrogen) atoms. The Morgan fingerprint density at radius 1 is 0.879 bits per heavy atom. The fourth-order valence-electron chi connectivity index (χ4n) is 5.43. The number of amides is 1. The Kier molecular flexibility index (Phi) is 5.38. The Morgan fingerprint density at radius 2 is 1.64 bits per heavy atom. The molecule has 0 N–H and O–H groups in total. The Hall–Kier alpha value is -3.12. The average Bonchev–Trinajstić information content (AvgIpc) is 3.42. The van der Waals surface area contributed by atoms with Gasteiger partial charge in [0.15, 0.2) is 11.5 Å².